The van der Waals surface area contributed by atoms with E-state index in [2.05, 4.69) is 5.32 Å². The first kappa shape index (κ1) is 10.9. The van der Waals surface area contributed by atoms with E-state index in [1.807, 2.05) is 6.92 Å². The molecule has 5 heteroatoms. The summed E-state index contributed by atoms with van der Waals surface area (Å²) in [7, 11) is -3.79. The molecule has 0 aromatic heterocycles. The number of nitrogens with one attached hydrogen (secondary N) is 1. The van der Waals surface area contributed by atoms with Crippen molar-refractivity contribution in [2.24, 2.45) is 11.8 Å². The Balaban J connectivity index is 2.42. The van der Waals surface area contributed by atoms with Gasteiger partial charge in [0.15, 0.2) is 0 Å². The van der Waals surface area contributed by atoms with Gasteiger partial charge in [0.25, 0.3) is 10.1 Å². The van der Waals surface area contributed by atoms with Crippen molar-refractivity contribution in [3.05, 3.63) is 0 Å². The highest BCUT2D eigenvalue weighted by Gasteiger charge is 2.23. The number of piperidine rings is 1. The van der Waals surface area contributed by atoms with Crippen LogP contribution in [0.15, 0.2) is 0 Å². The van der Waals surface area contributed by atoms with Crippen molar-refractivity contribution in [3.63, 3.8) is 0 Å². The molecule has 78 valence electrons. The molecule has 0 aromatic carbocycles. The van der Waals surface area contributed by atoms with Gasteiger partial charge in [0.2, 0.25) is 0 Å². The second-order valence-electron chi connectivity index (χ2n) is 3.81. The minimum Gasteiger partial charge on any atom is -0.317 e. The second-order valence-corrected chi connectivity index (χ2v) is 5.31. The summed E-state index contributed by atoms with van der Waals surface area (Å²) in [6, 6.07) is 0. The van der Waals surface area contributed by atoms with Crippen molar-refractivity contribution < 1.29 is 13.0 Å². The standard InChI is InChI=1S/C8H17NO3S/c1-7(6-13(10,11)12)8-2-4-9-5-3-8/h7-9H,2-6H2,1H3,(H,10,11,12). The molecule has 13 heavy (non-hydrogen) atoms. The van der Waals surface area contributed by atoms with Crippen LogP contribution in [0.2, 0.25) is 0 Å². The SMILES string of the molecule is CC(CS(=O)(=O)O)C1CCNCC1. The summed E-state index contributed by atoms with van der Waals surface area (Å²) in [4.78, 5) is 0. The lowest BCUT2D eigenvalue weighted by Gasteiger charge is -2.27. The van der Waals surface area contributed by atoms with Crippen LogP contribution in [0.5, 0.6) is 0 Å². The van der Waals surface area contributed by atoms with Gasteiger partial charge in [-0.1, -0.05) is 6.92 Å². The van der Waals surface area contributed by atoms with Gasteiger partial charge in [0, 0.05) is 0 Å². The maximum absolute atomic E-state index is 10.6. The van der Waals surface area contributed by atoms with Crippen molar-refractivity contribution in [3.8, 4) is 0 Å². The number of rotatable bonds is 3. The summed E-state index contributed by atoms with van der Waals surface area (Å²) in [5, 5.41) is 3.22. The molecule has 1 fully saturated rings. The molecule has 1 aliphatic heterocycles. The Bertz CT molecular complexity index is 244. The topological polar surface area (TPSA) is 66.4 Å². The monoisotopic (exact) mass is 207 g/mol. The van der Waals surface area contributed by atoms with Gasteiger partial charge < -0.3 is 5.32 Å². The third-order valence-electron chi connectivity index (χ3n) is 2.66. The zero-order valence-corrected chi connectivity index (χ0v) is 8.68. The molecule has 1 rings (SSSR count). The molecule has 0 saturated carbocycles. The lowest BCUT2D eigenvalue weighted by atomic mass is 9.87. The first-order valence-corrected chi connectivity index (χ1v) is 6.26. The van der Waals surface area contributed by atoms with E-state index in [9.17, 15) is 8.42 Å². The van der Waals surface area contributed by atoms with Crippen LogP contribution >= 0.6 is 0 Å². The van der Waals surface area contributed by atoms with Gasteiger partial charge in [-0.05, 0) is 37.8 Å². The Labute approximate surface area is 79.5 Å². The third kappa shape index (κ3) is 4.06. The van der Waals surface area contributed by atoms with E-state index in [-0.39, 0.29) is 11.7 Å². The summed E-state index contributed by atoms with van der Waals surface area (Å²) in [6.45, 7) is 3.81. The second kappa shape index (κ2) is 4.39. The Hall–Kier alpha value is -0.130. The quantitative estimate of drug-likeness (QED) is 0.662. The fraction of sp³-hybridized carbons (Fsp3) is 1.00. The predicted molar refractivity (Wildman–Crippen MR) is 51.2 cm³/mol. The van der Waals surface area contributed by atoms with Crippen molar-refractivity contribution >= 4 is 10.1 Å². The normalized spacial score (nSPS) is 22.9. The fourth-order valence-electron chi connectivity index (χ4n) is 1.88. The lowest BCUT2D eigenvalue weighted by molar-refractivity contribution is 0.289. The van der Waals surface area contributed by atoms with Crippen molar-refractivity contribution in [2.75, 3.05) is 18.8 Å². The highest BCUT2D eigenvalue weighted by atomic mass is 32.2. The molecule has 2 N–H and O–H groups in total. The van der Waals surface area contributed by atoms with Gasteiger partial charge in [-0.25, -0.2) is 0 Å². The van der Waals surface area contributed by atoms with Crippen LogP contribution in [-0.2, 0) is 10.1 Å². The van der Waals surface area contributed by atoms with Gasteiger partial charge in [-0.15, -0.1) is 0 Å². The van der Waals surface area contributed by atoms with E-state index in [0.29, 0.717) is 5.92 Å². The molecule has 1 heterocycles. The van der Waals surface area contributed by atoms with Crippen molar-refractivity contribution in [1.29, 1.82) is 0 Å². The third-order valence-corrected chi connectivity index (χ3v) is 3.61. The molecule has 4 nitrogen and oxygen atoms in total. The largest absolute Gasteiger partial charge is 0.317 e. The average molecular weight is 207 g/mol. The first-order chi connectivity index (χ1) is 5.99. The maximum atomic E-state index is 10.6. The molecular formula is C8H17NO3S. The van der Waals surface area contributed by atoms with Crippen LogP contribution in [0.4, 0.5) is 0 Å². The zero-order chi connectivity index (χ0) is 9.90. The van der Waals surface area contributed by atoms with Crippen LogP contribution in [0.3, 0.4) is 0 Å². The molecule has 1 unspecified atom stereocenters. The summed E-state index contributed by atoms with van der Waals surface area (Å²) < 4.78 is 29.9. The molecule has 0 spiro atoms. The van der Waals surface area contributed by atoms with E-state index in [4.69, 9.17) is 4.55 Å². The molecule has 0 bridgehead atoms. The highest BCUT2D eigenvalue weighted by Crippen LogP contribution is 2.22. The maximum Gasteiger partial charge on any atom is 0.265 e. The number of hydrogen-bond donors (Lipinski definition) is 2. The predicted octanol–water partition coefficient (Wildman–Crippen LogP) is 0.510. The van der Waals surface area contributed by atoms with Crippen LogP contribution < -0.4 is 5.32 Å². The summed E-state index contributed by atoms with van der Waals surface area (Å²) in [5.74, 6) is 0.401. The minimum absolute atomic E-state index is 0.0668. The first-order valence-electron chi connectivity index (χ1n) is 4.65. The number of hydrogen-bond acceptors (Lipinski definition) is 3. The van der Waals surface area contributed by atoms with E-state index >= 15 is 0 Å². The van der Waals surface area contributed by atoms with E-state index in [0.717, 1.165) is 25.9 Å². The zero-order valence-electron chi connectivity index (χ0n) is 7.86. The fourth-order valence-corrected chi connectivity index (χ4v) is 2.82. The van der Waals surface area contributed by atoms with Crippen LogP contribution in [0.25, 0.3) is 0 Å². The minimum atomic E-state index is -3.79. The van der Waals surface area contributed by atoms with Crippen LogP contribution in [0.1, 0.15) is 19.8 Å². The van der Waals surface area contributed by atoms with Crippen molar-refractivity contribution in [1.82, 2.24) is 5.32 Å². The molecule has 0 aromatic rings. The average Bonchev–Trinajstić information content (AvgIpc) is 2.03. The molecule has 1 aliphatic rings. The highest BCUT2D eigenvalue weighted by molar-refractivity contribution is 7.85. The van der Waals surface area contributed by atoms with Crippen LogP contribution in [-0.4, -0.2) is 31.8 Å². The van der Waals surface area contributed by atoms with Gasteiger partial charge in [-0.2, -0.15) is 8.42 Å². The van der Waals surface area contributed by atoms with E-state index < -0.39 is 10.1 Å². The molecule has 1 atom stereocenters. The Morgan fingerprint density at radius 2 is 2.00 bits per heavy atom. The van der Waals surface area contributed by atoms with Gasteiger partial charge in [0.05, 0.1) is 5.75 Å². The van der Waals surface area contributed by atoms with Crippen molar-refractivity contribution in [2.45, 2.75) is 19.8 Å². The smallest absolute Gasteiger partial charge is 0.265 e. The van der Waals surface area contributed by atoms with E-state index in [1.54, 1.807) is 0 Å². The molecule has 1 saturated heterocycles. The van der Waals surface area contributed by atoms with Gasteiger partial charge in [-0.3, -0.25) is 4.55 Å². The van der Waals surface area contributed by atoms with Gasteiger partial charge >= 0.3 is 0 Å². The molecule has 0 radical (unpaired) electrons. The van der Waals surface area contributed by atoms with Crippen LogP contribution in [0, 0.1) is 11.8 Å². The molecule has 0 amide bonds. The van der Waals surface area contributed by atoms with E-state index in [1.165, 1.54) is 0 Å². The summed E-state index contributed by atoms with van der Waals surface area (Å²) in [6.07, 6.45) is 2.02. The Kier molecular flexibility index (Phi) is 3.70. The Morgan fingerprint density at radius 3 is 2.46 bits per heavy atom. The lowest BCUT2D eigenvalue weighted by Crippen LogP contribution is -2.33. The van der Waals surface area contributed by atoms with Gasteiger partial charge in [0.1, 0.15) is 0 Å². The molecular weight excluding hydrogens is 190 g/mol. The summed E-state index contributed by atoms with van der Waals surface area (Å²) in [5.41, 5.74) is 0. The molecule has 0 aliphatic carbocycles. The summed E-state index contributed by atoms with van der Waals surface area (Å²) >= 11 is 0. The Morgan fingerprint density at radius 1 is 1.46 bits per heavy atom.